The summed E-state index contributed by atoms with van der Waals surface area (Å²) in [7, 11) is 0. The molecule has 0 bridgehead atoms. The van der Waals surface area contributed by atoms with Crippen molar-refractivity contribution in [2.45, 2.75) is 31.2 Å². The van der Waals surface area contributed by atoms with Gasteiger partial charge in [0.05, 0.1) is 29.3 Å². The number of nitrogens with one attached hydrogen (secondary N) is 2. The van der Waals surface area contributed by atoms with Crippen LogP contribution >= 0.6 is 11.6 Å². The molecule has 1 fully saturated rings. The van der Waals surface area contributed by atoms with Crippen molar-refractivity contribution < 1.29 is 23.9 Å². The number of rotatable bonds is 7. The molecule has 1 aliphatic heterocycles. The molecule has 2 N–H and O–H groups in total. The molecule has 7 nitrogen and oxygen atoms in total. The summed E-state index contributed by atoms with van der Waals surface area (Å²) in [5, 5.41) is 5.96. The van der Waals surface area contributed by atoms with Gasteiger partial charge >= 0.3 is 18.0 Å². The van der Waals surface area contributed by atoms with Crippen LogP contribution < -0.4 is 10.6 Å². The Morgan fingerprint density at radius 3 is 2.38 bits per heavy atom. The molecule has 0 spiro atoms. The van der Waals surface area contributed by atoms with Gasteiger partial charge in [-0.15, -0.1) is 0 Å². The lowest BCUT2D eigenvalue weighted by atomic mass is 9.95. The van der Waals surface area contributed by atoms with Crippen molar-refractivity contribution in [1.29, 1.82) is 0 Å². The van der Waals surface area contributed by atoms with E-state index in [9.17, 15) is 14.4 Å². The summed E-state index contributed by atoms with van der Waals surface area (Å²) >= 11 is 5.96. The Labute approximate surface area is 190 Å². The summed E-state index contributed by atoms with van der Waals surface area (Å²) in [6, 6.07) is 15.0. The molecule has 2 aromatic carbocycles. The Kier molecular flexibility index (Phi) is 6.19. The highest BCUT2D eigenvalue weighted by Gasteiger charge is 2.53. The molecule has 1 atom stereocenters. The lowest BCUT2D eigenvalue weighted by Gasteiger charge is -2.29. The Hall–Kier alpha value is -3.32. The van der Waals surface area contributed by atoms with E-state index in [0.717, 1.165) is 5.56 Å². The van der Waals surface area contributed by atoms with Gasteiger partial charge in [0.2, 0.25) is 0 Å². The van der Waals surface area contributed by atoms with E-state index in [-0.39, 0.29) is 24.5 Å². The fraction of sp³-hybridized carbons (Fsp3) is 0.292. The number of hydrogen-bond donors (Lipinski definition) is 2. The number of amides is 2. The average Bonchev–Trinajstić information content (AvgIpc) is 3.60. The first-order valence-electron chi connectivity index (χ1n) is 10.4. The number of benzene rings is 2. The van der Waals surface area contributed by atoms with E-state index in [2.05, 4.69) is 10.6 Å². The zero-order valence-corrected chi connectivity index (χ0v) is 18.3. The van der Waals surface area contributed by atoms with Crippen molar-refractivity contribution in [1.82, 2.24) is 10.6 Å². The van der Waals surface area contributed by atoms with Crippen LogP contribution in [-0.2, 0) is 24.5 Å². The quantitative estimate of drug-likeness (QED) is 0.621. The lowest BCUT2D eigenvalue weighted by molar-refractivity contribution is -0.146. The first-order valence-corrected chi connectivity index (χ1v) is 10.8. The topological polar surface area (TPSA) is 93.7 Å². The molecule has 8 heteroatoms. The first kappa shape index (κ1) is 21.9. The summed E-state index contributed by atoms with van der Waals surface area (Å²) in [6.45, 7) is 1.62. The molecule has 166 valence electrons. The Balaban J connectivity index is 1.60. The maximum absolute atomic E-state index is 13.0. The summed E-state index contributed by atoms with van der Waals surface area (Å²) in [6.07, 6.45) is 1.33. The van der Waals surface area contributed by atoms with Crippen molar-refractivity contribution in [3.8, 4) is 0 Å². The molecule has 0 saturated heterocycles. The van der Waals surface area contributed by atoms with Crippen LogP contribution in [0.4, 0.5) is 4.79 Å². The second-order valence-electron chi connectivity index (χ2n) is 7.72. The predicted octanol–water partition coefficient (Wildman–Crippen LogP) is 3.79. The fourth-order valence-corrected chi connectivity index (χ4v) is 3.98. The van der Waals surface area contributed by atoms with E-state index in [0.29, 0.717) is 23.4 Å². The smallest absolute Gasteiger partial charge is 0.338 e. The van der Waals surface area contributed by atoms with Crippen LogP contribution in [0.2, 0.25) is 5.02 Å². The molecule has 1 saturated carbocycles. The van der Waals surface area contributed by atoms with Crippen LogP contribution in [0.15, 0.2) is 65.9 Å². The lowest BCUT2D eigenvalue weighted by Crippen LogP contribution is -2.47. The van der Waals surface area contributed by atoms with Crippen LogP contribution in [-0.4, -0.2) is 31.2 Å². The minimum absolute atomic E-state index is 0.171. The van der Waals surface area contributed by atoms with Crippen molar-refractivity contribution in [2.75, 3.05) is 13.2 Å². The monoisotopic (exact) mass is 454 g/mol. The standard InChI is InChI=1S/C24H23ClN2O5/c1-2-31-21(28)19-18(26-23(30)27-20(19)15-6-4-3-5-7-15)14-32-22(29)24(12-13-24)16-8-10-17(25)11-9-16/h3-11,20H,2,12-14H2,1H3,(H2,26,27,30). The summed E-state index contributed by atoms with van der Waals surface area (Å²) in [5.41, 5.74) is 1.26. The second-order valence-corrected chi connectivity index (χ2v) is 8.16. The zero-order valence-electron chi connectivity index (χ0n) is 17.5. The number of carbonyl (C=O) groups excluding carboxylic acids is 3. The normalized spacial score (nSPS) is 18.9. The van der Waals surface area contributed by atoms with Gasteiger partial charge in [0.15, 0.2) is 0 Å². The van der Waals surface area contributed by atoms with E-state index >= 15 is 0 Å². The van der Waals surface area contributed by atoms with Gasteiger partial charge in [0, 0.05) is 5.02 Å². The van der Waals surface area contributed by atoms with Gasteiger partial charge in [-0.25, -0.2) is 9.59 Å². The molecule has 32 heavy (non-hydrogen) atoms. The predicted molar refractivity (Wildman–Crippen MR) is 118 cm³/mol. The first-order chi connectivity index (χ1) is 15.4. The average molecular weight is 455 g/mol. The number of halogens is 1. The van der Waals surface area contributed by atoms with Gasteiger partial charge in [-0.05, 0) is 43.0 Å². The Morgan fingerprint density at radius 2 is 1.75 bits per heavy atom. The zero-order chi connectivity index (χ0) is 22.7. The number of carbonyl (C=O) groups is 3. The molecule has 2 aromatic rings. The number of ether oxygens (including phenoxy) is 2. The number of hydrogen-bond acceptors (Lipinski definition) is 5. The van der Waals surface area contributed by atoms with Crippen LogP contribution in [0.5, 0.6) is 0 Å². The number of esters is 2. The van der Waals surface area contributed by atoms with Crippen molar-refractivity contribution in [3.05, 3.63) is 82.0 Å². The molecule has 1 aliphatic carbocycles. The highest BCUT2D eigenvalue weighted by atomic mass is 35.5. The summed E-state index contributed by atoms with van der Waals surface area (Å²) in [4.78, 5) is 38.1. The third-order valence-electron chi connectivity index (χ3n) is 5.67. The van der Waals surface area contributed by atoms with Crippen LogP contribution in [0.25, 0.3) is 0 Å². The summed E-state index contributed by atoms with van der Waals surface area (Å²) < 4.78 is 10.8. The summed E-state index contributed by atoms with van der Waals surface area (Å²) in [5.74, 6) is -0.988. The van der Waals surface area contributed by atoms with Gasteiger partial charge in [-0.1, -0.05) is 54.1 Å². The van der Waals surface area contributed by atoms with Crippen LogP contribution in [0, 0.1) is 0 Å². The van der Waals surface area contributed by atoms with Crippen LogP contribution in [0.1, 0.15) is 36.9 Å². The third kappa shape index (κ3) is 4.34. The van der Waals surface area contributed by atoms with Crippen molar-refractivity contribution >= 4 is 29.6 Å². The van der Waals surface area contributed by atoms with Gasteiger partial charge in [0.1, 0.15) is 6.61 Å². The van der Waals surface area contributed by atoms with Crippen molar-refractivity contribution in [2.24, 2.45) is 0 Å². The van der Waals surface area contributed by atoms with E-state index in [1.165, 1.54) is 0 Å². The maximum atomic E-state index is 13.0. The van der Waals surface area contributed by atoms with E-state index in [4.69, 9.17) is 21.1 Å². The molecule has 2 amide bonds. The fourth-order valence-electron chi connectivity index (χ4n) is 3.86. The van der Waals surface area contributed by atoms with Gasteiger partial charge in [-0.3, -0.25) is 4.79 Å². The SMILES string of the molecule is CCOC(=O)C1=C(COC(=O)C2(c3ccc(Cl)cc3)CC2)NC(=O)NC1c1ccccc1. The molecule has 1 heterocycles. The minimum Gasteiger partial charge on any atom is -0.463 e. The molecule has 1 unspecified atom stereocenters. The second kappa shape index (κ2) is 9.04. The maximum Gasteiger partial charge on any atom is 0.338 e. The van der Waals surface area contributed by atoms with Gasteiger partial charge in [0.25, 0.3) is 0 Å². The minimum atomic E-state index is -0.719. The molecule has 0 aromatic heterocycles. The van der Waals surface area contributed by atoms with Gasteiger partial charge < -0.3 is 20.1 Å². The van der Waals surface area contributed by atoms with Crippen LogP contribution in [0.3, 0.4) is 0 Å². The Bertz CT molecular complexity index is 1060. The molecule has 2 aliphatic rings. The van der Waals surface area contributed by atoms with Crippen molar-refractivity contribution in [3.63, 3.8) is 0 Å². The van der Waals surface area contributed by atoms with E-state index in [1.807, 2.05) is 30.3 Å². The third-order valence-corrected chi connectivity index (χ3v) is 5.92. The van der Waals surface area contributed by atoms with E-state index < -0.39 is 29.4 Å². The highest BCUT2D eigenvalue weighted by Crippen LogP contribution is 2.49. The van der Waals surface area contributed by atoms with Gasteiger partial charge in [-0.2, -0.15) is 0 Å². The highest BCUT2D eigenvalue weighted by molar-refractivity contribution is 6.30. The van der Waals surface area contributed by atoms with E-state index in [1.54, 1.807) is 31.2 Å². The molecule has 4 rings (SSSR count). The molecular formula is C24H23ClN2O5. The molecule has 0 radical (unpaired) electrons. The number of urea groups is 1. The largest absolute Gasteiger partial charge is 0.463 e. The molecular weight excluding hydrogens is 432 g/mol. The Morgan fingerprint density at radius 1 is 1.06 bits per heavy atom.